The van der Waals surface area contributed by atoms with E-state index in [0.717, 1.165) is 18.5 Å². The monoisotopic (exact) mass is 328 g/mol. The van der Waals surface area contributed by atoms with E-state index in [4.69, 9.17) is 5.26 Å². The number of amides is 1. The number of aryl methyl sites for hydroxylation is 1. The zero-order valence-electron chi connectivity index (χ0n) is 12.6. The number of thioether (sulfide) groups is 1. The summed E-state index contributed by atoms with van der Waals surface area (Å²) in [6.45, 7) is 2.01. The van der Waals surface area contributed by atoms with Crippen LogP contribution in [0.15, 0.2) is 40.3 Å². The molecule has 0 aliphatic carbocycles. The maximum absolute atomic E-state index is 11.9. The molecule has 0 aliphatic heterocycles. The number of nitrogens with zero attached hydrogens (tertiary/aromatic N) is 2. The van der Waals surface area contributed by atoms with Gasteiger partial charge in [0.1, 0.15) is 0 Å². The lowest BCUT2D eigenvalue weighted by Crippen LogP contribution is -2.15. The molecule has 1 heterocycles. The molecule has 6 nitrogen and oxygen atoms in total. The molecule has 1 aromatic carbocycles. The summed E-state index contributed by atoms with van der Waals surface area (Å²) in [6, 6.07) is 10.1. The lowest BCUT2D eigenvalue weighted by molar-refractivity contribution is -0.113. The maximum atomic E-state index is 11.9. The van der Waals surface area contributed by atoms with Crippen LogP contribution in [0.4, 0.5) is 5.69 Å². The van der Waals surface area contributed by atoms with Gasteiger partial charge in [-0.05, 0) is 30.7 Å². The molecule has 2 rings (SSSR count). The molecule has 118 valence electrons. The van der Waals surface area contributed by atoms with E-state index in [0.29, 0.717) is 16.4 Å². The highest BCUT2D eigenvalue weighted by atomic mass is 32.2. The van der Waals surface area contributed by atoms with Crippen molar-refractivity contribution >= 4 is 23.4 Å². The SMILES string of the molecule is CCCc1cc(=O)[nH]c(SCC(=O)Nc2ccc(C#N)cc2)n1. The van der Waals surface area contributed by atoms with Crippen molar-refractivity contribution in [3.63, 3.8) is 0 Å². The van der Waals surface area contributed by atoms with E-state index in [1.807, 2.05) is 13.0 Å². The average molecular weight is 328 g/mol. The summed E-state index contributed by atoms with van der Waals surface area (Å²) in [5.74, 6) is -0.0679. The third-order valence-electron chi connectivity index (χ3n) is 2.92. The predicted octanol–water partition coefficient (Wildman–Crippen LogP) is 2.32. The number of carbonyl (C=O) groups is 1. The lowest BCUT2D eigenvalue weighted by atomic mass is 10.2. The Morgan fingerprint density at radius 3 is 2.78 bits per heavy atom. The van der Waals surface area contributed by atoms with E-state index in [2.05, 4.69) is 15.3 Å². The molecule has 2 N–H and O–H groups in total. The number of rotatable bonds is 6. The van der Waals surface area contributed by atoms with Crippen LogP contribution < -0.4 is 10.9 Å². The molecular formula is C16H16N4O2S. The number of aromatic nitrogens is 2. The molecule has 1 aromatic heterocycles. The van der Waals surface area contributed by atoms with E-state index >= 15 is 0 Å². The van der Waals surface area contributed by atoms with Gasteiger partial charge in [0, 0.05) is 17.4 Å². The summed E-state index contributed by atoms with van der Waals surface area (Å²) in [5.41, 5.74) is 1.67. The third-order valence-corrected chi connectivity index (χ3v) is 3.79. The number of H-pyrrole nitrogens is 1. The van der Waals surface area contributed by atoms with Crippen molar-refractivity contribution in [3.8, 4) is 6.07 Å². The molecule has 0 saturated carbocycles. The Bertz CT molecular complexity index is 778. The molecule has 0 unspecified atom stereocenters. The van der Waals surface area contributed by atoms with Crippen LogP contribution in [0.5, 0.6) is 0 Å². The van der Waals surface area contributed by atoms with Crippen LogP contribution in [0.1, 0.15) is 24.6 Å². The van der Waals surface area contributed by atoms with Crippen LogP contribution >= 0.6 is 11.8 Å². The van der Waals surface area contributed by atoms with Crippen molar-refractivity contribution in [2.24, 2.45) is 0 Å². The number of benzene rings is 1. The van der Waals surface area contributed by atoms with E-state index in [-0.39, 0.29) is 17.2 Å². The highest BCUT2D eigenvalue weighted by Gasteiger charge is 2.07. The van der Waals surface area contributed by atoms with Gasteiger partial charge in [0.15, 0.2) is 5.16 Å². The van der Waals surface area contributed by atoms with Crippen molar-refractivity contribution in [2.75, 3.05) is 11.1 Å². The highest BCUT2D eigenvalue weighted by molar-refractivity contribution is 7.99. The Morgan fingerprint density at radius 2 is 2.13 bits per heavy atom. The summed E-state index contributed by atoms with van der Waals surface area (Å²) in [6.07, 6.45) is 1.63. The molecule has 1 amide bonds. The van der Waals surface area contributed by atoms with Gasteiger partial charge in [-0.2, -0.15) is 5.26 Å². The molecule has 2 aromatic rings. The molecule has 0 spiro atoms. The van der Waals surface area contributed by atoms with Gasteiger partial charge in [0.2, 0.25) is 5.91 Å². The summed E-state index contributed by atoms with van der Waals surface area (Å²) in [4.78, 5) is 30.4. The molecule has 0 radical (unpaired) electrons. The zero-order valence-corrected chi connectivity index (χ0v) is 13.4. The molecular weight excluding hydrogens is 312 g/mol. The Morgan fingerprint density at radius 1 is 1.39 bits per heavy atom. The van der Waals surface area contributed by atoms with Gasteiger partial charge in [-0.3, -0.25) is 9.59 Å². The Hall–Kier alpha value is -2.59. The normalized spacial score (nSPS) is 10.1. The number of hydrogen-bond acceptors (Lipinski definition) is 5. The fourth-order valence-electron chi connectivity index (χ4n) is 1.90. The van der Waals surface area contributed by atoms with E-state index < -0.39 is 0 Å². The first-order chi connectivity index (χ1) is 11.1. The van der Waals surface area contributed by atoms with Crippen LogP contribution in [-0.4, -0.2) is 21.6 Å². The molecule has 7 heteroatoms. The summed E-state index contributed by atoms with van der Waals surface area (Å²) in [7, 11) is 0. The van der Waals surface area contributed by atoms with Gasteiger partial charge in [-0.1, -0.05) is 25.1 Å². The smallest absolute Gasteiger partial charge is 0.251 e. The lowest BCUT2D eigenvalue weighted by Gasteiger charge is -2.05. The summed E-state index contributed by atoms with van der Waals surface area (Å²) >= 11 is 1.18. The van der Waals surface area contributed by atoms with Gasteiger partial charge in [-0.25, -0.2) is 4.98 Å². The van der Waals surface area contributed by atoms with Crippen molar-refractivity contribution in [1.82, 2.24) is 9.97 Å². The summed E-state index contributed by atoms with van der Waals surface area (Å²) < 4.78 is 0. The van der Waals surface area contributed by atoms with Gasteiger partial charge in [0.25, 0.3) is 5.56 Å². The first-order valence-corrected chi connectivity index (χ1v) is 8.12. The van der Waals surface area contributed by atoms with Crippen LogP contribution in [0.2, 0.25) is 0 Å². The van der Waals surface area contributed by atoms with Crippen molar-refractivity contribution in [3.05, 3.63) is 51.9 Å². The number of nitrogens with one attached hydrogen (secondary N) is 2. The zero-order chi connectivity index (χ0) is 16.7. The first kappa shape index (κ1) is 16.8. The minimum absolute atomic E-state index is 0.137. The Kier molecular flexibility index (Phi) is 5.94. The van der Waals surface area contributed by atoms with Crippen LogP contribution in [-0.2, 0) is 11.2 Å². The Balaban J connectivity index is 1.93. The quantitative estimate of drug-likeness (QED) is 0.626. The fourth-order valence-corrected chi connectivity index (χ4v) is 2.59. The van der Waals surface area contributed by atoms with E-state index in [1.165, 1.54) is 17.8 Å². The second kappa shape index (κ2) is 8.15. The van der Waals surface area contributed by atoms with Gasteiger partial charge >= 0.3 is 0 Å². The number of anilines is 1. The molecule has 23 heavy (non-hydrogen) atoms. The van der Waals surface area contributed by atoms with Crippen LogP contribution in [0.3, 0.4) is 0 Å². The van der Waals surface area contributed by atoms with Crippen molar-refractivity contribution in [2.45, 2.75) is 24.9 Å². The van der Waals surface area contributed by atoms with Gasteiger partial charge in [-0.15, -0.1) is 0 Å². The van der Waals surface area contributed by atoms with Gasteiger partial charge in [0.05, 0.1) is 17.4 Å². The maximum Gasteiger partial charge on any atom is 0.251 e. The van der Waals surface area contributed by atoms with Gasteiger partial charge < -0.3 is 10.3 Å². The number of hydrogen-bond donors (Lipinski definition) is 2. The second-order valence-corrected chi connectivity index (χ2v) is 5.78. The molecule has 0 bridgehead atoms. The minimum Gasteiger partial charge on any atom is -0.325 e. The standard InChI is InChI=1S/C16H16N4O2S/c1-2-3-13-8-14(21)20-16(19-13)23-10-15(22)18-12-6-4-11(9-17)5-7-12/h4-8H,2-3,10H2,1H3,(H,18,22)(H,19,20,21). The molecule has 0 saturated heterocycles. The Labute approximate surface area is 138 Å². The summed E-state index contributed by atoms with van der Waals surface area (Å²) in [5, 5.41) is 11.9. The van der Waals surface area contributed by atoms with Crippen LogP contribution in [0, 0.1) is 11.3 Å². The topological polar surface area (TPSA) is 98.6 Å². The molecule has 0 fully saturated rings. The second-order valence-electron chi connectivity index (χ2n) is 4.82. The molecule has 0 atom stereocenters. The van der Waals surface area contributed by atoms with Crippen molar-refractivity contribution in [1.29, 1.82) is 5.26 Å². The van der Waals surface area contributed by atoms with Crippen LogP contribution in [0.25, 0.3) is 0 Å². The largest absolute Gasteiger partial charge is 0.325 e. The van der Waals surface area contributed by atoms with E-state index in [9.17, 15) is 9.59 Å². The fraction of sp³-hybridized carbons (Fsp3) is 0.250. The minimum atomic E-state index is -0.210. The predicted molar refractivity (Wildman–Crippen MR) is 89.4 cm³/mol. The average Bonchev–Trinajstić information content (AvgIpc) is 2.53. The first-order valence-electron chi connectivity index (χ1n) is 7.13. The van der Waals surface area contributed by atoms with Crippen molar-refractivity contribution < 1.29 is 4.79 Å². The number of nitriles is 1. The molecule has 0 aliphatic rings. The third kappa shape index (κ3) is 5.27. The highest BCUT2D eigenvalue weighted by Crippen LogP contribution is 2.14. The number of carbonyl (C=O) groups excluding carboxylic acids is 1. The van der Waals surface area contributed by atoms with E-state index in [1.54, 1.807) is 24.3 Å². The number of aromatic amines is 1.